The zero-order chi connectivity index (χ0) is 21.6. The molecule has 0 radical (unpaired) electrons. The van der Waals surface area contributed by atoms with Gasteiger partial charge in [-0.3, -0.25) is 9.59 Å². The lowest BCUT2D eigenvalue weighted by Crippen LogP contribution is -2.50. The number of nitrogens with one attached hydrogen (secondary N) is 1. The summed E-state index contributed by atoms with van der Waals surface area (Å²) in [6.07, 6.45) is 0. The molecule has 0 spiro atoms. The summed E-state index contributed by atoms with van der Waals surface area (Å²) in [7, 11) is 0. The van der Waals surface area contributed by atoms with Gasteiger partial charge in [0.2, 0.25) is 5.91 Å². The fourth-order valence-corrected chi connectivity index (χ4v) is 3.28. The van der Waals surface area contributed by atoms with E-state index in [1.807, 2.05) is 70.2 Å². The van der Waals surface area contributed by atoms with Gasteiger partial charge in [0.05, 0.1) is 0 Å². The smallest absolute Gasteiger partial charge is 0.261 e. The Balaban J connectivity index is 2.16. The van der Waals surface area contributed by atoms with E-state index in [1.54, 1.807) is 11.8 Å². The number of hydrogen-bond acceptors (Lipinski definition) is 3. The number of carbonyl (C=O) groups excluding carboxylic acids is 2. The Morgan fingerprint density at radius 2 is 1.62 bits per heavy atom. The summed E-state index contributed by atoms with van der Waals surface area (Å²) in [6.45, 7) is 9.71. The molecule has 0 unspecified atom stereocenters. The molecule has 5 nitrogen and oxygen atoms in total. The van der Waals surface area contributed by atoms with Crippen molar-refractivity contribution >= 4 is 27.7 Å². The molecule has 0 aliphatic carbocycles. The van der Waals surface area contributed by atoms with Crippen LogP contribution < -0.4 is 10.1 Å². The van der Waals surface area contributed by atoms with Crippen LogP contribution in [-0.4, -0.2) is 35.4 Å². The third-order valence-corrected chi connectivity index (χ3v) is 4.95. The summed E-state index contributed by atoms with van der Waals surface area (Å²) in [6, 6.07) is 12.9. The lowest BCUT2D eigenvalue weighted by molar-refractivity contribution is -0.142. The lowest BCUT2D eigenvalue weighted by atomic mass is 10.1. The molecule has 156 valence electrons. The maximum absolute atomic E-state index is 13.0. The van der Waals surface area contributed by atoms with Gasteiger partial charge >= 0.3 is 0 Å². The van der Waals surface area contributed by atoms with Crippen LogP contribution >= 0.6 is 15.9 Å². The molecule has 2 aromatic carbocycles. The molecule has 2 rings (SSSR count). The van der Waals surface area contributed by atoms with Gasteiger partial charge in [-0.15, -0.1) is 0 Å². The van der Waals surface area contributed by atoms with Crippen LogP contribution in [0, 0.1) is 13.8 Å². The Kier molecular flexibility index (Phi) is 8.26. The van der Waals surface area contributed by atoms with Crippen molar-refractivity contribution in [2.24, 2.45) is 0 Å². The van der Waals surface area contributed by atoms with Gasteiger partial charge in [0.1, 0.15) is 11.8 Å². The highest BCUT2D eigenvalue weighted by Gasteiger charge is 2.26. The fraction of sp³-hybridized carbons (Fsp3) is 0.391. The molecule has 2 amide bonds. The number of benzene rings is 2. The first-order valence-electron chi connectivity index (χ1n) is 9.71. The zero-order valence-electron chi connectivity index (χ0n) is 17.7. The Labute approximate surface area is 181 Å². The van der Waals surface area contributed by atoms with Crippen molar-refractivity contribution in [3.8, 4) is 5.75 Å². The van der Waals surface area contributed by atoms with Gasteiger partial charge in [-0.05, 0) is 75.6 Å². The first-order chi connectivity index (χ1) is 13.7. The predicted molar refractivity (Wildman–Crippen MR) is 119 cm³/mol. The molecule has 0 aliphatic heterocycles. The van der Waals surface area contributed by atoms with Crippen LogP contribution in [0.3, 0.4) is 0 Å². The van der Waals surface area contributed by atoms with Crippen molar-refractivity contribution in [2.45, 2.75) is 53.2 Å². The van der Waals surface area contributed by atoms with E-state index in [2.05, 4.69) is 21.2 Å². The standard InChI is InChI=1S/C23H29BrN2O3/c1-15(2)25-23(28)18(5)26(13-19-6-8-20(24)9-7-19)22(27)14-29-21-11-16(3)10-17(4)12-21/h6-12,15,18H,13-14H2,1-5H3,(H,25,28)/t18-/m0/s1. The number of aryl methyl sites for hydroxylation is 2. The lowest BCUT2D eigenvalue weighted by Gasteiger charge is -2.29. The Hall–Kier alpha value is -2.34. The van der Waals surface area contributed by atoms with Gasteiger partial charge in [0.15, 0.2) is 6.61 Å². The predicted octanol–water partition coefficient (Wildman–Crippen LogP) is 4.39. The minimum atomic E-state index is -0.614. The average molecular weight is 461 g/mol. The second-order valence-corrected chi connectivity index (χ2v) is 8.52. The monoisotopic (exact) mass is 460 g/mol. The normalized spacial score (nSPS) is 11.8. The van der Waals surface area contributed by atoms with Gasteiger partial charge in [0, 0.05) is 17.1 Å². The first kappa shape index (κ1) is 22.9. The van der Waals surface area contributed by atoms with E-state index in [9.17, 15) is 9.59 Å². The first-order valence-corrected chi connectivity index (χ1v) is 10.5. The molecular weight excluding hydrogens is 432 g/mol. The van der Waals surface area contributed by atoms with Crippen molar-refractivity contribution in [2.75, 3.05) is 6.61 Å². The molecule has 0 fully saturated rings. The van der Waals surface area contributed by atoms with E-state index in [1.165, 1.54) is 0 Å². The summed E-state index contributed by atoms with van der Waals surface area (Å²) in [4.78, 5) is 27.1. The number of ether oxygens (including phenoxy) is 1. The average Bonchev–Trinajstić information content (AvgIpc) is 2.63. The minimum Gasteiger partial charge on any atom is -0.484 e. The second-order valence-electron chi connectivity index (χ2n) is 7.60. The Bertz CT molecular complexity index is 829. The maximum atomic E-state index is 13.0. The van der Waals surface area contributed by atoms with Crippen LogP contribution in [0.15, 0.2) is 46.9 Å². The third-order valence-electron chi connectivity index (χ3n) is 4.42. The van der Waals surface area contributed by atoms with E-state index < -0.39 is 6.04 Å². The van der Waals surface area contributed by atoms with Gasteiger partial charge < -0.3 is 15.0 Å². The highest BCUT2D eigenvalue weighted by molar-refractivity contribution is 9.10. The summed E-state index contributed by atoms with van der Waals surface area (Å²) in [5.41, 5.74) is 3.09. The quantitative estimate of drug-likeness (QED) is 0.635. The highest BCUT2D eigenvalue weighted by atomic mass is 79.9. The highest BCUT2D eigenvalue weighted by Crippen LogP contribution is 2.18. The SMILES string of the molecule is Cc1cc(C)cc(OCC(=O)N(Cc2ccc(Br)cc2)[C@@H](C)C(=O)NC(C)C)c1. The van der Waals surface area contributed by atoms with Crippen LogP contribution in [0.2, 0.25) is 0 Å². The maximum Gasteiger partial charge on any atom is 0.261 e. The van der Waals surface area contributed by atoms with Crippen molar-refractivity contribution in [3.63, 3.8) is 0 Å². The molecule has 1 atom stereocenters. The van der Waals surface area contributed by atoms with Gasteiger partial charge in [-0.25, -0.2) is 0 Å². The summed E-state index contributed by atoms with van der Waals surface area (Å²) < 4.78 is 6.71. The minimum absolute atomic E-state index is 0.00102. The van der Waals surface area contributed by atoms with E-state index in [-0.39, 0.29) is 24.5 Å². The van der Waals surface area contributed by atoms with Crippen molar-refractivity contribution in [1.29, 1.82) is 0 Å². The van der Waals surface area contributed by atoms with Gasteiger partial charge in [-0.1, -0.05) is 34.1 Å². The van der Waals surface area contributed by atoms with Crippen LogP contribution in [0.25, 0.3) is 0 Å². The molecule has 0 aromatic heterocycles. The number of amides is 2. The number of rotatable bonds is 8. The van der Waals surface area contributed by atoms with Crippen LogP contribution in [-0.2, 0) is 16.1 Å². The fourth-order valence-electron chi connectivity index (χ4n) is 3.02. The van der Waals surface area contributed by atoms with E-state index >= 15 is 0 Å². The number of nitrogens with zero attached hydrogens (tertiary/aromatic N) is 1. The molecule has 0 saturated heterocycles. The largest absolute Gasteiger partial charge is 0.484 e. The van der Waals surface area contributed by atoms with Crippen LogP contribution in [0.4, 0.5) is 0 Å². The second kappa shape index (κ2) is 10.4. The van der Waals surface area contributed by atoms with Gasteiger partial charge in [-0.2, -0.15) is 0 Å². The summed E-state index contributed by atoms with van der Waals surface area (Å²) >= 11 is 3.42. The molecule has 6 heteroatoms. The van der Waals surface area contributed by atoms with E-state index in [4.69, 9.17) is 4.74 Å². The molecule has 2 aromatic rings. The van der Waals surface area contributed by atoms with Crippen molar-refractivity contribution < 1.29 is 14.3 Å². The van der Waals surface area contributed by atoms with E-state index in [0.29, 0.717) is 12.3 Å². The van der Waals surface area contributed by atoms with Crippen molar-refractivity contribution in [1.82, 2.24) is 10.2 Å². The van der Waals surface area contributed by atoms with Crippen LogP contribution in [0.1, 0.15) is 37.5 Å². The topological polar surface area (TPSA) is 58.6 Å². The molecule has 0 bridgehead atoms. The summed E-state index contributed by atoms with van der Waals surface area (Å²) in [5, 5.41) is 2.88. The van der Waals surface area contributed by atoms with E-state index in [0.717, 1.165) is 21.2 Å². The Morgan fingerprint density at radius 3 is 2.17 bits per heavy atom. The molecule has 1 N–H and O–H groups in total. The molecule has 29 heavy (non-hydrogen) atoms. The zero-order valence-corrected chi connectivity index (χ0v) is 19.2. The number of carbonyl (C=O) groups is 2. The number of hydrogen-bond donors (Lipinski definition) is 1. The summed E-state index contributed by atoms with van der Waals surface area (Å²) in [5.74, 6) is 0.231. The van der Waals surface area contributed by atoms with Crippen molar-refractivity contribution in [3.05, 3.63) is 63.6 Å². The molecule has 0 heterocycles. The third kappa shape index (κ3) is 7.20. The Morgan fingerprint density at radius 1 is 1.03 bits per heavy atom. The number of halogens is 1. The molecular formula is C23H29BrN2O3. The van der Waals surface area contributed by atoms with Crippen LogP contribution in [0.5, 0.6) is 5.75 Å². The van der Waals surface area contributed by atoms with Gasteiger partial charge in [0.25, 0.3) is 5.91 Å². The molecule has 0 saturated carbocycles. The molecule has 0 aliphatic rings.